The van der Waals surface area contributed by atoms with Gasteiger partial charge in [-0.05, 0) is 25.0 Å². The van der Waals surface area contributed by atoms with Crippen LogP contribution in [-0.2, 0) is 9.84 Å². The molecule has 16 heavy (non-hydrogen) atoms. The zero-order valence-corrected chi connectivity index (χ0v) is 9.60. The van der Waals surface area contributed by atoms with Gasteiger partial charge in [-0.25, -0.2) is 8.42 Å². The predicted molar refractivity (Wildman–Crippen MR) is 60.6 cm³/mol. The number of hydrogen-bond acceptors (Lipinski definition) is 4. The molecule has 0 spiro atoms. The molecule has 1 saturated carbocycles. The third-order valence-corrected chi connectivity index (χ3v) is 5.37. The number of rotatable bonds is 2. The van der Waals surface area contributed by atoms with Crippen LogP contribution < -0.4 is 5.73 Å². The summed E-state index contributed by atoms with van der Waals surface area (Å²) in [6.45, 7) is 0. The van der Waals surface area contributed by atoms with E-state index in [0.717, 1.165) is 0 Å². The number of sulfone groups is 1. The molecule has 0 bridgehead atoms. The molecular formula is C11H15NO3S. The summed E-state index contributed by atoms with van der Waals surface area (Å²) in [4.78, 5) is 0.282. The first-order chi connectivity index (χ1) is 7.53. The van der Waals surface area contributed by atoms with E-state index in [9.17, 15) is 13.5 Å². The van der Waals surface area contributed by atoms with Gasteiger partial charge in [0.25, 0.3) is 0 Å². The van der Waals surface area contributed by atoms with E-state index in [1.165, 1.54) is 0 Å². The number of benzene rings is 1. The molecule has 0 aliphatic heterocycles. The van der Waals surface area contributed by atoms with Crippen LogP contribution in [-0.4, -0.2) is 30.9 Å². The number of nitrogens with two attached hydrogens (primary N) is 1. The van der Waals surface area contributed by atoms with Crippen molar-refractivity contribution in [3.05, 3.63) is 30.3 Å². The first-order valence-corrected chi connectivity index (χ1v) is 6.80. The quantitative estimate of drug-likeness (QED) is 0.781. The van der Waals surface area contributed by atoms with Crippen molar-refractivity contribution in [1.29, 1.82) is 0 Å². The van der Waals surface area contributed by atoms with Gasteiger partial charge in [-0.15, -0.1) is 0 Å². The summed E-state index contributed by atoms with van der Waals surface area (Å²) in [5.41, 5.74) is 5.72. The lowest BCUT2D eigenvalue weighted by Gasteiger charge is -2.17. The molecule has 0 radical (unpaired) electrons. The molecule has 2 rings (SSSR count). The van der Waals surface area contributed by atoms with Crippen LogP contribution in [0.5, 0.6) is 0 Å². The first-order valence-electron chi connectivity index (χ1n) is 5.26. The van der Waals surface area contributed by atoms with Crippen LogP contribution in [0.25, 0.3) is 0 Å². The average Bonchev–Trinajstić information content (AvgIpc) is 2.61. The fourth-order valence-electron chi connectivity index (χ4n) is 2.11. The Morgan fingerprint density at radius 1 is 1.19 bits per heavy atom. The van der Waals surface area contributed by atoms with Crippen molar-refractivity contribution in [1.82, 2.24) is 0 Å². The molecular weight excluding hydrogens is 226 g/mol. The second-order valence-corrected chi connectivity index (χ2v) is 6.29. The second kappa shape index (κ2) is 4.16. The molecule has 1 fully saturated rings. The molecule has 0 amide bonds. The maximum Gasteiger partial charge on any atom is 0.182 e. The number of aliphatic hydroxyl groups excluding tert-OH is 1. The van der Waals surface area contributed by atoms with Crippen LogP contribution in [0.4, 0.5) is 0 Å². The highest BCUT2D eigenvalue weighted by molar-refractivity contribution is 7.92. The zero-order chi connectivity index (χ0) is 11.8. The van der Waals surface area contributed by atoms with Gasteiger partial charge in [0.05, 0.1) is 16.2 Å². The van der Waals surface area contributed by atoms with Crippen molar-refractivity contribution in [3.63, 3.8) is 0 Å². The molecule has 0 aromatic heterocycles. The van der Waals surface area contributed by atoms with E-state index in [1.807, 2.05) is 0 Å². The van der Waals surface area contributed by atoms with Crippen molar-refractivity contribution in [2.75, 3.05) is 0 Å². The Kier molecular flexibility index (Phi) is 3.01. The summed E-state index contributed by atoms with van der Waals surface area (Å²) in [7, 11) is -3.41. The largest absolute Gasteiger partial charge is 0.391 e. The van der Waals surface area contributed by atoms with Crippen LogP contribution in [0.3, 0.4) is 0 Å². The third-order valence-electron chi connectivity index (χ3n) is 3.09. The molecule has 1 aromatic carbocycles. The maximum absolute atomic E-state index is 12.2. The van der Waals surface area contributed by atoms with E-state index in [-0.39, 0.29) is 4.90 Å². The monoisotopic (exact) mass is 241 g/mol. The lowest BCUT2D eigenvalue weighted by atomic mass is 10.2. The minimum atomic E-state index is -3.41. The van der Waals surface area contributed by atoms with Gasteiger partial charge in [0.2, 0.25) is 0 Å². The highest BCUT2D eigenvalue weighted by atomic mass is 32.2. The van der Waals surface area contributed by atoms with Crippen LogP contribution in [0.15, 0.2) is 35.2 Å². The van der Waals surface area contributed by atoms with Gasteiger partial charge >= 0.3 is 0 Å². The van der Waals surface area contributed by atoms with E-state index in [2.05, 4.69) is 0 Å². The normalized spacial score (nSPS) is 30.5. The summed E-state index contributed by atoms with van der Waals surface area (Å²) in [6.07, 6.45) is 0.181. The second-order valence-electron chi connectivity index (χ2n) is 4.12. The third kappa shape index (κ3) is 1.86. The van der Waals surface area contributed by atoms with Gasteiger partial charge in [0.15, 0.2) is 9.84 Å². The highest BCUT2D eigenvalue weighted by Crippen LogP contribution is 2.29. The van der Waals surface area contributed by atoms with Crippen LogP contribution in [0, 0.1) is 0 Å². The lowest BCUT2D eigenvalue weighted by Crippen LogP contribution is -2.42. The van der Waals surface area contributed by atoms with Crippen LogP contribution >= 0.6 is 0 Å². The topological polar surface area (TPSA) is 80.4 Å². The Labute approximate surface area is 95.0 Å². The molecule has 0 unspecified atom stereocenters. The molecule has 88 valence electrons. The zero-order valence-electron chi connectivity index (χ0n) is 8.78. The molecule has 3 N–H and O–H groups in total. The fraction of sp³-hybridized carbons (Fsp3) is 0.455. The van der Waals surface area contributed by atoms with E-state index in [0.29, 0.717) is 12.8 Å². The van der Waals surface area contributed by atoms with E-state index < -0.39 is 27.2 Å². The van der Waals surface area contributed by atoms with Gasteiger partial charge in [-0.1, -0.05) is 18.2 Å². The Bertz CT molecular complexity index is 457. The molecule has 4 nitrogen and oxygen atoms in total. The highest BCUT2D eigenvalue weighted by Gasteiger charge is 2.41. The molecule has 0 heterocycles. The van der Waals surface area contributed by atoms with E-state index in [1.54, 1.807) is 30.3 Å². The van der Waals surface area contributed by atoms with Crippen LogP contribution in [0.1, 0.15) is 12.8 Å². The van der Waals surface area contributed by atoms with Crippen LogP contribution in [0.2, 0.25) is 0 Å². The van der Waals surface area contributed by atoms with Crippen molar-refractivity contribution < 1.29 is 13.5 Å². The Balaban J connectivity index is 2.34. The first kappa shape index (κ1) is 11.6. The molecule has 3 atom stereocenters. The summed E-state index contributed by atoms with van der Waals surface area (Å²) >= 11 is 0. The standard InChI is InChI=1S/C11H15NO3S/c12-11-9(13)6-7-10(11)16(14,15)8-4-2-1-3-5-8/h1-5,9-11,13H,6-7,12H2/t9-,10-,11-/m1/s1. The Morgan fingerprint density at radius 3 is 2.31 bits per heavy atom. The molecule has 1 aromatic rings. The minimum Gasteiger partial charge on any atom is -0.391 e. The summed E-state index contributed by atoms with van der Waals surface area (Å²) in [6, 6.07) is 7.58. The lowest BCUT2D eigenvalue weighted by molar-refractivity contribution is 0.165. The SMILES string of the molecule is N[C@@H]1[C@H](O)CC[C@H]1S(=O)(=O)c1ccccc1. The molecule has 5 heteroatoms. The number of hydrogen-bond donors (Lipinski definition) is 2. The Hall–Kier alpha value is -0.910. The molecule has 1 aliphatic rings. The maximum atomic E-state index is 12.2. The number of aliphatic hydroxyl groups is 1. The molecule has 1 aliphatic carbocycles. The molecule has 0 saturated heterocycles. The minimum absolute atomic E-state index is 0.282. The van der Waals surface area contributed by atoms with E-state index in [4.69, 9.17) is 5.73 Å². The summed E-state index contributed by atoms with van der Waals surface area (Å²) < 4.78 is 24.4. The summed E-state index contributed by atoms with van der Waals surface area (Å²) in [5.74, 6) is 0. The van der Waals surface area contributed by atoms with Crippen molar-refractivity contribution >= 4 is 9.84 Å². The van der Waals surface area contributed by atoms with Gasteiger partial charge in [-0.3, -0.25) is 0 Å². The fourth-order valence-corrected chi connectivity index (χ4v) is 4.04. The summed E-state index contributed by atoms with van der Waals surface area (Å²) in [5, 5.41) is 8.83. The van der Waals surface area contributed by atoms with Gasteiger partial charge in [0, 0.05) is 6.04 Å². The smallest absolute Gasteiger partial charge is 0.182 e. The van der Waals surface area contributed by atoms with Gasteiger partial charge in [-0.2, -0.15) is 0 Å². The van der Waals surface area contributed by atoms with Gasteiger partial charge in [0.1, 0.15) is 0 Å². The van der Waals surface area contributed by atoms with E-state index >= 15 is 0 Å². The average molecular weight is 241 g/mol. The van der Waals surface area contributed by atoms with Crippen molar-refractivity contribution in [2.45, 2.75) is 35.1 Å². The Morgan fingerprint density at radius 2 is 1.81 bits per heavy atom. The predicted octanol–water partition coefficient (Wildman–Crippen LogP) is 0.311. The van der Waals surface area contributed by atoms with Crippen molar-refractivity contribution in [3.8, 4) is 0 Å². The van der Waals surface area contributed by atoms with Gasteiger partial charge < -0.3 is 10.8 Å². The van der Waals surface area contributed by atoms with Crippen molar-refractivity contribution in [2.24, 2.45) is 5.73 Å².